The molecule has 0 aliphatic heterocycles. The molecule has 2 N–H and O–H groups in total. The highest BCUT2D eigenvalue weighted by atomic mass is 16.4. The minimum absolute atomic E-state index is 0.0981. The fourth-order valence-electron chi connectivity index (χ4n) is 1.15. The molecule has 2 aromatic rings. The molecule has 0 spiro atoms. The van der Waals surface area contributed by atoms with Gasteiger partial charge in [0.15, 0.2) is 5.75 Å². The molecule has 0 unspecified atom stereocenters. The van der Waals surface area contributed by atoms with Crippen LogP contribution in [0.2, 0.25) is 0 Å². The Balaban J connectivity index is 2.76. The SMILES string of the molecule is O=C(O)c1ccc2cncc(O)c2n1. The van der Waals surface area contributed by atoms with Crippen LogP contribution in [0.15, 0.2) is 24.5 Å². The Morgan fingerprint density at radius 2 is 2.07 bits per heavy atom. The first-order valence-corrected chi connectivity index (χ1v) is 3.85. The van der Waals surface area contributed by atoms with E-state index in [9.17, 15) is 9.90 Å². The van der Waals surface area contributed by atoms with E-state index in [-0.39, 0.29) is 17.0 Å². The Morgan fingerprint density at radius 1 is 1.29 bits per heavy atom. The minimum atomic E-state index is -1.12. The molecule has 0 aromatic carbocycles. The summed E-state index contributed by atoms with van der Waals surface area (Å²) in [6.07, 6.45) is 2.73. The van der Waals surface area contributed by atoms with Crippen molar-refractivity contribution in [2.24, 2.45) is 0 Å². The van der Waals surface area contributed by atoms with Crippen LogP contribution in [-0.2, 0) is 0 Å². The number of carboxylic acids is 1. The zero-order valence-electron chi connectivity index (χ0n) is 7.01. The molecular formula is C9H6N2O3. The van der Waals surface area contributed by atoms with Gasteiger partial charge in [-0.2, -0.15) is 0 Å². The van der Waals surface area contributed by atoms with Crippen LogP contribution in [0.1, 0.15) is 10.5 Å². The first kappa shape index (κ1) is 8.43. The van der Waals surface area contributed by atoms with E-state index in [1.165, 1.54) is 18.5 Å². The standard InChI is InChI=1S/C9H6N2O3/c12-7-4-10-3-5-1-2-6(9(13)14)11-8(5)7/h1-4,12H,(H,13,14). The lowest BCUT2D eigenvalue weighted by molar-refractivity contribution is 0.0691. The van der Waals surface area contributed by atoms with Gasteiger partial charge in [-0.05, 0) is 12.1 Å². The van der Waals surface area contributed by atoms with Crippen molar-refractivity contribution in [1.82, 2.24) is 9.97 Å². The number of aromatic hydroxyl groups is 1. The van der Waals surface area contributed by atoms with Crippen molar-refractivity contribution >= 4 is 16.9 Å². The van der Waals surface area contributed by atoms with Crippen molar-refractivity contribution in [2.45, 2.75) is 0 Å². The molecular weight excluding hydrogens is 184 g/mol. The Labute approximate surface area is 78.7 Å². The molecule has 5 heteroatoms. The number of rotatable bonds is 1. The van der Waals surface area contributed by atoms with Crippen LogP contribution < -0.4 is 0 Å². The molecule has 0 aliphatic rings. The maximum Gasteiger partial charge on any atom is 0.354 e. The number of carboxylic acid groups (broad SMARTS) is 1. The normalized spacial score (nSPS) is 10.3. The molecule has 2 aromatic heterocycles. The van der Waals surface area contributed by atoms with Gasteiger partial charge >= 0.3 is 5.97 Å². The summed E-state index contributed by atoms with van der Waals surface area (Å²) in [7, 11) is 0. The second-order valence-electron chi connectivity index (χ2n) is 2.73. The lowest BCUT2D eigenvalue weighted by Gasteiger charge is -1.99. The van der Waals surface area contributed by atoms with Gasteiger partial charge in [0.05, 0.1) is 6.20 Å². The zero-order chi connectivity index (χ0) is 10.1. The minimum Gasteiger partial charge on any atom is -0.504 e. The van der Waals surface area contributed by atoms with Crippen molar-refractivity contribution in [2.75, 3.05) is 0 Å². The van der Waals surface area contributed by atoms with Gasteiger partial charge < -0.3 is 10.2 Å². The molecule has 0 fully saturated rings. The van der Waals surface area contributed by atoms with Gasteiger partial charge in [-0.25, -0.2) is 9.78 Å². The Kier molecular flexibility index (Phi) is 1.78. The summed E-state index contributed by atoms with van der Waals surface area (Å²) in [4.78, 5) is 18.1. The number of carbonyl (C=O) groups is 1. The van der Waals surface area contributed by atoms with E-state index in [0.717, 1.165) is 0 Å². The van der Waals surface area contributed by atoms with E-state index in [2.05, 4.69) is 9.97 Å². The van der Waals surface area contributed by atoms with Crippen LogP contribution in [-0.4, -0.2) is 26.2 Å². The second kappa shape index (κ2) is 2.95. The van der Waals surface area contributed by atoms with Crippen molar-refractivity contribution in [1.29, 1.82) is 0 Å². The van der Waals surface area contributed by atoms with Gasteiger partial charge in [0.2, 0.25) is 0 Å². The summed E-state index contributed by atoms with van der Waals surface area (Å²) in [6, 6.07) is 2.92. The highest BCUT2D eigenvalue weighted by Crippen LogP contribution is 2.20. The van der Waals surface area contributed by atoms with Gasteiger partial charge in [-0.1, -0.05) is 0 Å². The highest BCUT2D eigenvalue weighted by molar-refractivity contribution is 5.91. The number of aromatic carboxylic acids is 1. The topological polar surface area (TPSA) is 83.3 Å². The van der Waals surface area contributed by atoms with E-state index in [4.69, 9.17) is 5.11 Å². The second-order valence-corrected chi connectivity index (χ2v) is 2.73. The van der Waals surface area contributed by atoms with Crippen molar-refractivity contribution in [3.63, 3.8) is 0 Å². The van der Waals surface area contributed by atoms with Crippen molar-refractivity contribution < 1.29 is 15.0 Å². The molecule has 5 nitrogen and oxygen atoms in total. The summed E-state index contributed by atoms with van der Waals surface area (Å²) >= 11 is 0. The van der Waals surface area contributed by atoms with E-state index in [1.54, 1.807) is 6.07 Å². The van der Waals surface area contributed by atoms with E-state index >= 15 is 0 Å². The Bertz CT molecular complexity index is 510. The molecule has 0 saturated heterocycles. The third kappa shape index (κ3) is 1.24. The fraction of sp³-hybridized carbons (Fsp3) is 0. The monoisotopic (exact) mass is 190 g/mol. The number of nitrogens with zero attached hydrogens (tertiary/aromatic N) is 2. The quantitative estimate of drug-likeness (QED) is 0.701. The summed E-state index contributed by atoms with van der Waals surface area (Å²) in [6.45, 7) is 0. The van der Waals surface area contributed by atoms with Crippen LogP contribution in [0.5, 0.6) is 5.75 Å². The van der Waals surface area contributed by atoms with Gasteiger partial charge in [0.25, 0.3) is 0 Å². The molecule has 0 saturated carbocycles. The lowest BCUT2D eigenvalue weighted by Crippen LogP contribution is -1.99. The average Bonchev–Trinajstić information content (AvgIpc) is 2.18. The molecule has 14 heavy (non-hydrogen) atoms. The van der Waals surface area contributed by atoms with Crippen LogP contribution >= 0.6 is 0 Å². The maximum absolute atomic E-state index is 10.6. The van der Waals surface area contributed by atoms with Gasteiger partial charge in [0.1, 0.15) is 11.2 Å². The summed E-state index contributed by atoms with van der Waals surface area (Å²) in [5, 5.41) is 18.6. The molecule has 2 heterocycles. The van der Waals surface area contributed by atoms with Crippen LogP contribution in [0.3, 0.4) is 0 Å². The molecule has 0 radical (unpaired) electrons. The molecule has 2 rings (SSSR count). The van der Waals surface area contributed by atoms with Crippen LogP contribution in [0.25, 0.3) is 10.9 Å². The fourth-order valence-corrected chi connectivity index (χ4v) is 1.15. The summed E-state index contributed by atoms with van der Waals surface area (Å²) < 4.78 is 0. The molecule has 70 valence electrons. The number of pyridine rings is 2. The third-order valence-corrected chi connectivity index (χ3v) is 1.80. The maximum atomic E-state index is 10.6. The first-order valence-electron chi connectivity index (χ1n) is 3.85. The predicted octanol–water partition coefficient (Wildman–Crippen LogP) is 1.03. The number of hydrogen-bond acceptors (Lipinski definition) is 4. The number of hydrogen-bond donors (Lipinski definition) is 2. The van der Waals surface area contributed by atoms with Gasteiger partial charge in [-0.3, -0.25) is 4.98 Å². The van der Waals surface area contributed by atoms with E-state index < -0.39 is 5.97 Å². The molecule has 0 amide bonds. The first-order chi connectivity index (χ1) is 6.68. The zero-order valence-corrected chi connectivity index (χ0v) is 7.01. The average molecular weight is 190 g/mol. The number of aromatic nitrogens is 2. The lowest BCUT2D eigenvalue weighted by atomic mass is 10.2. The van der Waals surface area contributed by atoms with E-state index in [0.29, 0.717) is 5.39 Å². The number of fused-ring (bicyclic) bond motifs is 1. The molecule has 0 aliphatic carbocycles. The highest BCUT2D eigenvalue weighted by Gasteiger charge is 2.07. The van der Waals surface area contributed by atoms with Gasteiger partial charge in [0, 0.05) is 11.6 Å². The Morgan fingerprint density at radius 3 is 2.79 bits per heavy atom. The van der Waals surface area contributed by atoms with Crippen LogP contribution in [0, 0.1) is 0 Å². The van der Waals surface area contributed by atoms with Crippen molar-refractivity contribution in [3.05, 3.63) is 30.2 Å². The Hall–Kier alpha value is -2.17. The van der Waals surface area contributed by atoms with Crippen LogP contribution in [0.4, 0.5) is 0 Å². The van der Waals surface area contributed by atoms with E-state index in [1.807, 2.05) is 0 Å². The van der Waals surface area contributed by atoms with Gasteiger partial charge in [-0.15, -0.1) is 0 Å². The summed E-state index contributed by atoms with van der Waals surface area (Å²) in [5.41, 5.74) is 0.152. The van der Waals surface area contributed by atoms with Crippen molar-refractivity contribution in [3.8, 4) is 5.75 Å². The third-order valence-electron chi connectivity index (χ3n) is 1.80. The molecule has 0 bridgehead atoms. The smallest absolute Gasteiger partial charge is 0.354 e. The molecule has 0 atom stereocenters. The largest absolute Gasteiger partial charge is 0.504 e. The summed E-state index contributed by atoms with van der Waals surface area (Å²) in [5.74, 6) is -1.24. The predicted molar refractivity (Wildman–Crippen MR) is 48.2 cm³/mol.